The number of hydrogen-bond donors (Lipinski definition) is 0. The molecule has 33 heavy (non-hydrogen) atoms. The van der Waals surface area contributed by atoms with E-state index in [9.17, 15) is 0 Å². The van der Waals surface area contributed by atoms with Gasteiger partial charge in [-0.3, -0.25) is 0 Å². The molecule has 0 bridgehead atoms. The third-order valence-electron chi connectivity index (χ3n) is 5.87. The molecular weight excluding hydrogens is 414 g/mol. The summed E-state index contributed by atoms with van der Waals surface area (Å²) in [6, 6.07) is 18.1. The van der Waals surface area contributed by atoms with E-state index in [2.05, 4.69) is 24.0 Å². The molecule has 5 heteroatoms. The number of unbranched alkanes of at least 4 members (excludes halogenated alkanes) is 5. The van der Waals surface area contributed by atoms with Crippen LogP contribution in [0, 0.1) is 0 Å². The summed E-state index contributed by atoms with van der Waals surface area (Å²) in [4.78, 5) is 4.69. The lowest BCUT2D eigenvalue weighted by Gasteiger charge is -2.19. The van der Waals surface area contributed by atoms with E-state index in [4.69, 9.17) is 18.9 Å². The van der Waals surface area contributed by atoms with Crippen LogP contribution in [0.4, 0.5) is 0 Å². The first-order valence-electron chi connectivity index (χ1n) is 12.4. The van der Waals surface area contributed by atoms with Crippen molar-refractivity contribution in [2.45, 2.75) is 70.6 Å². The van der Waals surface area contributed by atoms with Gasteiger partial charge in [-0.2, -0.15) is 0 Å². The van der Waals surface area contributed by atoms with Crippen molar-refractivity contribution in [1.29, 1.82) is 0 Å². The molecule has 1 aliphatic heterocycles. The standard InChI is InChI=1S/C28H39NO4/c1-3-4-5-6-7-11-14-27(32-19-23-15-17-26(30-2)18-16-23)22-31-20-25-21-33-28(29-25)24-12-9-8-10-13-24/h8-10,12-13,15-18,25,27H,3-7,11,14,19-22H2,1-2H3. The molecule has 2 aromatic rings. The minimum Gasteiger partial charge on any atom is -0.497 e. The van der Waals surface area contributed by atoms with Crippen molar-refractivity contribution in [3.05, 3.63) is 65.7 Å². The second kappa shape index (κ2) is 14.7. The van der Waals surface area contributed by atoms with Gasteiger partial charge in [-0.25, -0.2) is 4.99 Å². The Morgan fingerprint density at radius 1 is 0.970 bits per heavy atom. The van der Waals surface area contributed by atoms with E-state index in [0.717, 1.165) is 23.3 Å². The van der Waals surface area contributed by atoms with E-state index in [0.29, 0.717) is 32.3 Å². The number of benzene rings is 2. The van der Waals surface area contributed by atoms with Gasteiger partial charge in [0.25, 0.3) is 0 Å². The van der Waals surface area contributed by atoms with Crippen LogP contribution in [0.1, 0.15) is 63.0 Å². The number of nitrogens with zero attached hydrogens (tertiary/aromatic N) is 1. The van der Waals surface area contributed by atoms with Gasteiger partial charge in [-0.05, 0) is 36.2 Å². The summed E-state index contributed by atoms with van der Waals surface area (Å²) in [5, 5.41) is 0. The summed E-state index contributed by atoms with van der Waals surface area (Å²) in [6.07, 6.45) is 8.76. The number of rotatable bonds is 16. The number of hydrogen-bond acceptors (Lipinski definition) is 5. The molecule has 0 radical (unpaired) electrons. The molecule has 0 saturated heterocycles. The van der Waals surface area contributed by atoms with Gasteiger partial charge >= 0.3 is 0 Å². The average Bonchev–Trinajstić information content (AvgIpc) is 3.34. The first-order chi connectivity index (χ1) is 16.3. The number of ether oxygens (including phenoxy) is 4. The monoisotopic (exact) mass is 453 g/mol. The van der Waals surface area contributed by atoms with Gasteiger partial charge in [-0.1, -0.05) is 75.8 Å². The molecule has 5 nitrogen and oxygen atoms in total. The summed E-state index contributed by atoms with van der Waals surface area (Å²) >= 11 is 0. The topological polar surface area (TPSA) is 49.3 Å². The zero-order chi connectivity index (χ0) is 23.1. The Labute approximate surface area is 199 Å². The van der Waals surface area contributed by atoms with Crippen LogP contribution in [0.15, 0.2) is 59.6 Å². The van der Waals surface area contributed by atoms with Crippen molar-refractivity contribution >= 4 is 5.90 Å². The average molecular weight is 454 g/mol. The maximum atomic E-state index is 6.25. The Bertz CT molecular complexity index is 806. The van der Waals surface area contributed by atoms with E-state index < -0.39 is 0 Å². The Balaban J connectivity index is 1.44. The van der Waals surface area contributed by atoms with Gasteiger partial charge in [-0.15, -0.1) is 0 Å². The maximum Gasteiger partial charge on any atom is 0.216 e. The van der Waals surface area contributed by atoms with Crippen LogP contribution in [0.3, 0.4) is 0 Å². The van der Waals surface area contributed by atoms with Crippen LogP contribution in [-0.4, -0.2) is 45.0 Å². The lowest BCUT2D eigenvalue weighted by molar-refractivity contribution is -0.0327. The Morgan fingerprint density at radius 3 is 2.48 bits per heavy atom. The highest BCUT2D eigenvalue weighted by molar-refractivity contribution is 5.95. The summed E-state index contributed by atoms with van der Waals surface area (Å²) in [7, 11) is 1.68. The first-order valence-corrected chi connectivity index (χ1v) is 12.4. The van der Waals surface area contributed by atoms with Crippen molar-refractivity contribution in [3.63, 3.8) is 0 Å². The fourth-order valence-electron chi connectivity index (χ4n) is 3.88. The van der Waals surface area contributed by atoms with Gasteiger partial charge in [0.05, 0.1) is 33.0 Å². The molecule has 0 N–H and O–H groups in total. The maximum absolute atomic E-state index is 6.25. The van der Waals surface area contributed by atoms with Crippen LogP contribution >= 0.6 is 0 Å². The second-order valence-corrected chi connectivity index (χ2v) is 8.64. The smallest absolute Gasteiger partial charge is 0.216 e. The van der Waals surface area contributed by atoms with Crippen LogP contribution in [-0.2, 0) is 20.8 Å². The lowest BCUT2D eigenvalue weighted by atomic mass is 10.1. The predicted molar refractivity (Wildman–Crippen MR) is 133 cm³/mol. The van der Waals surface area contributed by atoms with Crippen LogP contribution in [0.5, 0.6) is 5.75 Å². The van der Waals surface area contributed by atoms with Crippen LogP contribution in [0.2, 0.25) is 0 Å². The Hall–Kier alpha value is -2.37. The van der Waals surface area contributed by atoms with E-state index in [1.54, 1.807) is 7.11 Å². The molecule has 2 unspecified atom stereocenters. The molecule has 180 valence electrons. The number of methoxy groups -OCH3 is 1. The highest BCUT2D eigenvalue weighted by Gasteiger charge is 2.21. The van der Waals surface area contributed by atoms with Gasteiger partial charge < -0.3 is 18.9 Å². The zero-order valence-electron chi connectivity index (χ0n) is 20.2. The molecule has 3 rings (SSSR count). The zero-order valence-corrected chi connectivity index (χ0v) is 20.2. The minimum atomic E-state index is 0.0384. The molecule has 2 atom stereocenters. The first kappa shape index (κ1) is 25.3. The molecule has 1 heterocycles. The van der Waals surface area contributed by atoms with Crippen molar-refractivity contribution < 1.29 is 18.9 Å². The summed E-state index contributed by atoms with van der Waals surface area (Å²) in [5.41, 5.74) is 2.16. The highest BCUT2D eigenvalue weighted by Crippen LogP contribution is 2.17. The molecule has 0 fully saturated rings. The van der Waals surface area contributed by atoms with E-state index in [1.165, 1.54) is 38.5 Å². The molecule has 0 saturated carbocycles. The third kappa shape index (κ3) is 9.18. The van der Waals surface area contributed by atoms with E-state index in [-0.39, 0.29) is 12.1 Å². The Kier molecular flexibility index (Phi) is 11.3. The molecule has 0 amide bonds. The fraction of sp³-hybridized carbons (Fsp3) is 0.536. The minimum absolute atomic E-state index is 0.0384. The molecule has 1 aliphatic rings. The largest absolute Gasteiger partial charge is 0.497 e. The van der Waals surface area contributed by atoms with E-state index >= 15 is 0 Å². The summed E-state index contributed by atoms with van der Waals surface area (Å²) in [6.45, 7) is 4.53. The van der Waals surface area contributed by atoms with Gasteiger partial charge in [0.1, 0.15) is 18.4 Å². The number of aliphatic imine (C=N–C) groups is 1. The van der Waals surface area contributed by atoms with Gasteiger partial charge in [0.2, 0.25) is 5.90 Å². The predicted octanol–water partition coefficient (Wildman–Crippen LogP) is 6.19. The normalized spacial score (nSPS) is 16.3. The summed E-state index contributed by atoms with van der Waals surface area (Å²) in [5.74, 6) is 1.57. The quantitative estimate of drug-likeness (QED) is 0.284. The fourth-order valence-corrected chi connectivity index (χ4v) is 3.88. The van der Waals surface area contributed by atoms with Gasteiger partial charge in [0, 0.05) is 5.56 Å². The van der Waals surface area contributed by atoms with Crippen molar-refractivity contribution in [2.75, 3.05) is 26.9 Å². The van der Waals surface area contributed by atoms with Crippen LogP contribution in [0.25, 0.3) is 0 Å². The van der Waals surface area contributed by atoms with Gasteiger partial charge in [0.15, 0.2) is 0 Å². The SMILES string of the molecule is CCCCCCCCC(COCC1COC(c2ccccc2)=N1)OCc1ccc(OC)cc1. The molecule has 0 spiro atoms. The van der Waals surface area contributed by atoms with E-state index in [1.807, 2.05) is 42.5 Å². The molecular formula is C28H39NO4. The van der Waals surface area contributed by atoms with Crippen molar-refractivity contribution in [2.24, 2.45) is 4.99 Å². The highest BCUT2D eigenvalue weighted by atomic mass is 16.5. The molecule has 2 aromatic carbocycles. The summed E-state index contributed by atoms with van der Waals surface area (Å²) < 4.78 is 23.3. The second-order valence-electron chi connectivity index (χ2n) is 8.64. The van der Waals surface area contributed by atoms with Crippen LogP contribution < -0.4 is 4.74 Å². The lowest BCUT2D eigenvalue weighted by Crippen LogP contribution is -2.24. The Morgan fingerprint density at radius 2 is 1.73 bits per heavy atom. The van der Waals surface area contributed by atoms with Crippen molar-refractivity contribution in [3.8, 4) is 5.75 Å². The third-order valence-corrected chi connectivity index (χ3v) is 5.87. The molecule has 0 aliphatic carbocycles. The van der Waals surface area contributed by atoms with Crippen molar-refractivity contribution in [1.82, 2.24) is 0 Å². The molecule has 0 aromatic heterocycles.